The van der Waals surface area contributed by atoms with Gasteiger partial charge in [0.15, 0.2) is 17.9 Å². The summed E-state index contributed by atoms with van der Waals surface area (Å²) >= 11 is 0. The zero-order chi connectivity index (χ0) is 22.5. The van der Waals surface area contributed by atoms with Gasteiger partial charge in [-0.2, -0.15) is 5.10 Å². The second-order valence-electron chi connectivity index (χ2n) is 7.24. The van der Waals surface area contributed by atoms with Crippen molar-refractivity contribution >= 4 is 11.7 Å². The lowest BCUT2D eigenvalue weighted by Gasteiger charge is -2.28. The Hall–Kier alpha value is -3.53. The number of anilines is 1. The van der Waals surface area contributed by atoms with Gasteiger partial charge in [0.1, 0.15) is 17.7 Å². The molecule has 3 heterocycles. The standard InChI is InChI=1S/C22H27N5O5/c1-4-31-10-9-27-18-7-8-26(12-16(18)21(25-27)17-13-32-14-23-17)22(28)24-15-5-6-19(29-2)20(11-15)30-3/h5-6,11,13-14H,4,7-10,12H2,1-3H3,(H,24,28). The van der Waals surface area contributed by atoms with Crippen LogP contribution in [0.15, 0.2) is 35.3 Å². The number of benzene rings is 1. The van der Waals surface area contributed by atoms with Crippen molar-refractivity contribution in [2.75, 3.05) is 39.3 Å². The van der Waals surface area contributed by atoms with Gasteiger partial charge >= 0.3 is 6.03 Å². The van der Waals surface area contributed by atoms with E-state index in [0.717, 1.165) is 17.0 Å². The van der Waals surface area contributed by atoms with E-state index in [4.69, 9.17) is 23.7 Å². The largest absolute Gasteiger partial charge is 0.493 e. The van der Waals surface area contributed by atoms with Gasteiger partial charge in [-0.1, -0.05) is 0 Å². The molecule has 4 rings (SSSR count). The number of ether oxygens (including phenoxy) is 3. The Morgan fingerprint density at radius 3 is 2.81 bits per heavy atom. The quantitative estimate of drug-likeness (QED) is 0.536. The highest BCUT2D eigenvalue weighted by Crippen LogP contribution is 2.31. The van der Waals surface area contributed by atoms with Crippen LogP contribution >= 0.6 is 0 Å². The molecule has 0 bridgehead atoms. The minimum absolute atomic E-state index is 0.198. The predicted molar refractivity (Wildman–Crippen MR) is 117 cm³/mol. The van der Waals surface area contributed by atoms with E-state index in [0.29, 0.717) is 62.1 Å². The van der Waals surface area contributed by atoms with Crippen molar-refractivity contribution in [3.63, 3.8) is 0 Å². The summed E-state index contributed by atoms with van der Waals surface area (Å²) in [6, 6.07) is 5.07. The Bertz CT molecular complexity index is 1060. The third-order valence-electron chi connectivity index (χ3n) is 5.38. The molecule has 0 unspecified atom stereocenters. The second kappa shape index (κ2) is 9.73. The second-order valence-corrected chi connectivity index (χ2v) is 7.24. The van der Waals surface area contributed by atoms with E-state index in [1.165, 1.54) is 6.39 Å². The molecule has 10 nitrogen and oxygen atoms in total. The zero-order valence-electron chi connectivity index (χ0n) is 18.5. The van der Waals surface area contributed by atoms with Crippen molar-refractivity contribution in [3.8, 4) is 22.9 Å². The highest BCUT2D eigenvalue weighted by Gasteiger charge is 2.29. The van der Waals surface area contributed by atoms with Gasteiger partial charge in [-0.15, -0.1) is 0 Å². The van der Waals surface area contributed by atoms with Crippen LogP contribution in [-0.2, 0) is 24.2 Å². The van der Waals surface area contributed by atoms with Crippen LogP contribution in [0, 0.1) is 0 Å². The summed E-state index contributed by atoms with van der Waals surface area (Å²) in [5, 5.41) is 7.69. The molecule has 2 aromatic heterocycles. The lowest BCUT2D eigenvalue weighted by Crippen LogP contribution is -2.39. The number of amides is 2. The SMILES string of the molecule is CCOCCn1nc(-c2cocn2)c2c1CCN(C(=O)Nc1ccc(OC)c(OC)c1)C2. The number of carbonyl (C=O) groups excluding carboxylic acids is 1. The van der Waals surface area contributed by atoms with Crippen molar-refractivity contribution in [2.45, 2.75) is 26.4 Å². The van der Waals surface area contributed by atoms with Crippen LogP contribution in [0.1, 0.15) is 18.2 Å². The fourth-order valence-corrected chi connectivity index (χ4v) is 3.80. The van der Waals surface area contributed by atoms with Gasteiger partial charge in [0.2, 0.25) is 0 Å². The molecule has 1 aromatic carbocycles. The molecule has 32 heavy (non-hydrogen) atoms. The van der Waals surface area contributed by atoms with Crippen LogP contribution in [0.2, 0.25) is 0 Å². The third-order valence-corrected chi connectivity index (χ3v) is 5.38. The first-order valence-electron chi connectivity index (χ1n) is 10.5. The van der Waals surface area contributed by atoms with Crippen LogP contribution < -0.4 is 14.8 Å². The third kappa shape index (κ3) is 4.40. The maximum absolute atomic E-state index is 13.0. The number of hydrogen-bond acceptors (Lipinski definition) is 7. The number of nitrogens with one attached hydrogen (secondary N) is 1. The number of oxazole rings is 1. The van der Waals surface area contributed by atoms with Crippen molar-refractivity contribution in [1.29, 1.82) is 0 Å². The van der Waals surface area contributed by atoms with Gasteiger partial charge in [-0.05, 0) is 19.1 Å². The molecule has 0 fully saturated rings. The smallest absolute Gasteiger partial charge is 0.322 e. The normalized spacial score (nSPS) is 13.0. The average Bonchev–Trinajstić information content (AvgIpc) is 3.47. The zero-order valence-corrected chi connectivity index (χ0v) is 18.5. The lowest BCUT2D eigenvalue weighted by atomic mass is 10.0. The minimum atomic E-state index is -0.198. The molecule has 10 heteroatoms. The molecule has 0 radical (unpaired) electrons. The Morgan fingerprint density at radius 2 is 2.09 bits per heavy atom. The molecule has 2 amide bonds. The van der Waals surface area contributed by atoms with Crippen LogP contribution in [0.3, 0.4) is 0 Å². The number of nitrogens with zero attached hydrogens (tertiary/aromatic N) is 4. The van der Waals surface area contributed by atoms with Gasteiger partial charge in [-0.3, -0.25) is 4.68 Å². The summed E-state index contributed by atoms with van der Waals surface area (Å²) in [6.07, 6.45) is 3.63. The van der Waals surface area contributed by atoms with Crippen molar-refractivity contribution in [3.05, 3.63) is 42.1 Å². The summed E-state index contributed by atoms with van der Waals surface area (Å²) < 4.78 is 23.2. The topological polar surface area (TPSA) is 104 Å². The van der Waals surface area contributed by atoms with Crippen LogP contribution in [-0.4, -0.2) is 59.7 Å². The fourth-order valence-electron chi connectivity index (χ4n) is 3.80. The number of rotatable bonds is 8. The van der Waals surface area contributed by atoms with E-state index < -0.39 is 0 Å². The van der Waals surface area contributed by atoms with Gasteiger partial charge < -0.3 is 28.8 Å². The first-order chi connectivity index (χ1) is 15.6. The first-order valence-corrected chi connectivity index (χ1v) is 10.5. The number of methoxy groups -OCH3 is 2. The summed E-state index contributed by atoms with van der Waals surface area (Å²) in [5.41, 5.74) is 4.08. The molecule has 0 aliphatic carbocycles. The van der Waals surface area contributed by atoms with E-state index in [1.54, 1.807) is 43.6 Å². The Balaban J connectivity index is 1.54. The molecule has 1 aliphatic rings. The van der Waals surface area contributed by atoms with Gasteiger partial charge in [-0.25, -0.2) is 9.78 Å². The van der Waals surface area contributed by atoms with Crippen molar-refractivity contribution in [2.24, 2.45) is 0 Å². The van der Waals surface area contributed by atoms with E-state index >= 15 is 0 Å². The molecule has 0 saturated heterocycles. The summed E-state index contributed by atoms with van der Waals surface area (Å²) in [7, 11) is 3.13. The Labute approximate surface area is 186 Å². The van der Waals surface area contributed by atoms with E-state index in [-0.39, 0.29) is 6.03 Å². The summed E-state index contributed by atoms with van der Waals surface area (Å²) in [4.78, 5) is 19.0. The number of hydrogen-bond donors (Lipinski definition) is 1. The number of fused-ring (bicyclic) bond motifs is 1. The average molecular weight is 441 g/mol. The van der Waals surface area contributed by atoms with E-state index in [1.807, 2.05) is 11.6 Å². The molecule has 0 saturated carbocycles. The van der Waals surface area contributed by atoms with Crippen molar-refractivity contribution in [1.82, 2.24) is 19.7 Å². The minimum Gasteiger partial charge on any atom is -0.493 e. The van der Waals surface area contributed by atoms with Crippen LogP contribution in [0.25, 0.3) is 11.4 Å². The molecule has 0 atom stereocenters. The van der Waals surface area contributed by atoms with Crippen molar-refractivity contribution < 1.29 is 23.4 Å². The summed E-state index contributed by atoms with van der Waals surface area (Å²) in [5.74, 6) is 1.15. The molecular formula is C22H27N5O5. The Morgan fingerprint density at radius 1 is 1.25 bits per heavy atom. The highest BCUT2D eigenvalue weighted by molar-refractivity contribution is 5.90. The van der Waals surface area contributed by atoms with Crippen LogP contribution in [0.5, 0.6) is 11.5 Å². The molecule has 1 N–H and O–H groups in total. The van der Waals surface area contributed by atoms with E-state index in [2.05, 4.69) is 10.3 Å². The van der Waals surface area contributed by atoms with Gasteiger partial charge in [0.05, 0.1) is 33.9 Å². The fraction of sp³-hybridized carbons (Fsp3) is 0.409. The number of urea groups is 1. The number of carbonyl (C=O) groups is 1. The molecular weight excluding hydrogens is 414 g/mol. The maximum Gasteiger partial charge on any atom is 0.322 e. The monoisotopic (exact) mass is 441 g/mol. The number of aromatic nitrogens is 3. The highest BCUT2D eigenvalue weighted by atomic mass is 16.5. The van der Waals surface area contributed by atoms with Gasteiger partial charge in [0, 0.05) is 42.6 Å². The van der Waals surface area contributed by atoms with Crippen LogP contribution in [0.4, 0.5) is 10.5 Å². The molecule has 170 valence electrons. The first kappa shape index (κ1) is 21.7. The molecule has 3 aromatic rings. The predicted octanol–water partition coefficient (Wildman–Crippen LogP) is 3.18. The summed E-state index contributed by atoms with van der Waals surface area (Å²) in [6.45, 7) is 4.84. The van der Waals surface area contributed by atoms with E-state index in [9.17, 15) is 4.79 Å². The Kier molecular flexibility index (Phi) is 6.60. The van der Waals surface area contributed by atoms with Gasteiger partial charge in [0.25, 0.3) is 0 Å². The molecule has 1 aliphatic heterocycles. The molecule has 0 spiro atoms. The lowest BCUT2D eigenvalue weighted by molar-refractivity contribution is 0.135. The maximum atomic E-state index is 13.0.